The zero-order valence-electron chi connectivity index (χ0n) is 10.1. The first-order chi connectivity index (χ1) is 8.25. The molecule has 1 aromatic heterocycles. The average Bonchev–Trinajstić information content (AvgIpc) is 2.66. The van der Waals surface area contributed by atoms with Crippen LogP contribution in [0.4, 0.5) is 0 Å². The van der Waals surface area contributed by atoms with Crippen LogP contribution in [0.15, 0.2) is 24.3 Å². The highest BCUT2D eigenvalue weighted by Crippen LogP contribution is 2.32. The van der Waals surface area contributed by atoms with E-state index < -0.39 is 0 Å². The van der Waals surface area contributed by atoms with E-state index in [4.69, 9.17) is 0 Å². The summed E-state index contributed by atoms with van der Waals surface area (Å²) in [5, 5.41) is 9.58. The summed E-state index contributed by atoms with van der Waals surface area (Å²) in [6.07, 6.45) is 3.85. The van der Waals surface area contributed by atoms with Gasteiger partial charge in [-0.25, -0.2) is 4.98 Å². The summed E-state index contributed by atoms with van der Waals surface area (Å²) < 4.78 is 2.35. The third-order valence-corrected chi connectivity index (χ3v) is 3.80. The Bertz CT molecular complexity index is 524. The summed E-state index contributed by atoms with van der Waals surface area (Å²) in [7, 11) is 0. The molecular formula is C14H18N2O. The lowest BCUT2D eigenvalue weighted by Gasteiger charge is -2.27. The molecule has 90 valence electrons. The van der Waals surface area contributed by atoms with E-state index in [0.29, 0.717) is 6.04 Å². The van der Waals surface area contributed by atoms with Gasteiger partial charge in [-0.1, -0.05) is 12.1 Å². The van der Waals surface area contributed by atoms with Crippen LogP contribution in [-0.4, -0.2) is 20.8 Å². The number of hydrogen-bond acceptors (Lipinski definition) is 2. The van der Waals surface area contributed by atoms with Crippen molar-refractivity contribution in [2.75, 3.05) is 0 Å². The maximum Gasteiger partial charge on any atom is 0.106 e. The molecule has 0 spiro atoms. The van der Waals surface area contributed by atoms with Crippen LogP contribution in [0, 0.1) is 6.92 Å². The Morgan fingerprint density at radius 3 is 2.65 bits per heavy atom. The zero-order chi connectivity index (χ0) is 11.8. The predicted molar refractivity (Wildman–Crippen MR) is 68.0 cm³/mol. The van der Waals surface area contributed by atoms with Crippen molar-refractivity contribution in [3.8, 4) is 0 Å². The second-order valence-electron chi connectivity index (χ2n) is 4.98. The van der Waals surface area contributed by atoms with E-state index in [1.54, 1.807) is 0 Å². The van der Waals surface area contributed by atoms with Crippen molar-refractivity contribution in [1.82, 2.24) is 9.55 Å². The van der Waals surface area contributed by atoms with Crippen LogP contribution in [0.1, 0.15) is 37.5 Å². The van der Waals surface area contributed by atoms with Crippen molar-refractivity contribution < 1.29 is 5.11 Å². The number of aliphatic hydroxyl groups is 1. The fourth-order valence-corrected chi connectivity index (χ4v) is 2.94. The fraction of sp³-hybridized carbons (Fsp3) is 0.500. The second-order valence-corrected chi connectivity index (χ2v) is 4.98. The van der Waals surface area contributed by atoms with E-state index in [9.17, 15) is 5.11 Å². The lowest BCUT2D eigenvalue weighted by atomic mass is 9.93. The number of para-hydroxylation sites is 2. The minimum absolute atomic E-state index is 0.0960. The maximum absolute atomic E-state index is 9.58. The highest BCUT2D eigenvalue weighted by Gasteiger charge is 2.23. The average molecular weight is 230 g/mol. The van der Waals surface area contributed by atoms with Gasteiger partial charge in [-0.15, -0.1) is 0 Å². The standard InChI is InChI=1S/C14H18N2O/c1-10-15-13-4-2-3-5-14(13)16(10)11-6-8-12(17)9-7-11/h2-5,11-12,17H,6-9H2,1H3. The van der Waals surface area contributed by atoms with Crippen LogP contribution < -0.4 is 0 Å². The van der Waals surface area contributed by atoms with Crippen LogP contribution in [0.2, 0.25) is 0 Å². The Kier molecular flexibility index (Phi) is 2.63. The minimum atomic E-state index is -0.0960. The summed E-state index contributed by atoms with van der Waals surface area (Å²) in [4.78, 5) is 4.61. The van der Waals surface area contributed by atoms with Gasteiger partial charge >= 0.3 is 0 Å². The smallest absolute Gasteiger partial charge is 0.106 e. The Morgan fingerprint density at radius 2 is 1.88 bits per heavy atom. The number of hydrogen-bond donors (Lipinski definition) is 1. The van der Waals surface area contributed by atoms with Crippen molar-refractivity contribution >= 4 is 11.0 Å². The Balaban J connectivity index is 2.02. The number of imidazole rings is 1. The van der Waals surface area contributed by atoms with Gasteiger partial charge in [-0.2, -0.15) is 0 Å². The van der Waals surface area contributed by atoms with E-state index in [2.05, 4.69) is 34.7 Å². The van der Waals surface area contributed by atoms with Crippen molar-refractivity contribution in [3.05, 3.63) is 30.1 Å². The highest BCUT2D eigenvalue weighted by molar-refractivity contribution is 5.76. The maximum atomic E-state index is 9.58. The van der Waals surface area contributed by atoms with Gasteiger partial charge in [-0.05, 0) is 44.7 Å². The first-order valence-electron chi connectivity index (χ1n) is 6.37. The molecule has 1 N–H and O–H groups in total. The predicted octanol–water partition coefficient (Wildman–Crippen LogP) is 2.82. The summed E-state index contributed by atoms with van der Waals surface area (Å²) in [5.41, 5.74) is 2.31. The molecule has 2 aromatic rings. The molecule has 3 rings (SSSR count). The molecule has 3 heteroatoms. The van der Waals surface area contributed by atoms with Crippen molar-refractivity contribution in [2.24, 2.45) is 0 Å². The van der Waals surface area contributed by atoms with Gasteiger partial charge in [0.25, 0.3) is 0 Å². The first-order valence-corrected chi connectivity index (χ1v) is 6.37. The Hall–Kier alpha value is -1.35. The number of aliphatic hydroxyl groups excluding tert-OH is 1. The van der Waals surface area contributed by atoms with E-state index in [1.165, 1.54) is 5.52 Å². The van der Waals surface area contributed by atoms with Gasteiger partial charge in [0.05, 0.1) is 17.1 Å². The van der Waals surface area contributed by atoms with Gasteiger partial charge in [-0.3, -0.25) is 0 Å². The minimum Gasteiger partial charge on any atom is -0.393 e. The third kappa shape index (κ3) is 1.84. The van der Waals surface area contributed by atoms with Gasteiger partial charge in [0.2, 0.25) is 0 Å². The number of fused-ring (bicyclic) bond motifs is 1. The Labute approximate surface area is 101 Å². The molecule has 1 saturated carbocycles. The van der Waals surface area contributed by atoms with Gasteiger partial charge in [0.1, 0.15) is 5.82 Å². The number of aryl methyl sites for hydroxylation is 1. The van der Waals surface area contributed by atoms with Crippen LogP contribution in [0.5, 0.6) is 0 Å². The van der Waals surface area contributed by atoms with Crippen molar-refractivity contribution in [2.45, 2.75) is 44.8 Å². The summed E-state index contributed by atoms with van der Waals surface area (Å²) in [6, 6.07) is 8.81. The molecule has 0 bridgehead atoms. The molecule has 1 aromatic carbocycles. The van der Waals surface area contributed by atoms with Gasteiger partial charge in [0, 0.05) is 6.04 Å². The lowest BCUT2D eigenvalue weighted by molar-refractivity contribution is 0.111. The Morgan fingerprint density at radius 1 is 1.18 bits per heavy atom. The van der Waals surface area contributed by atoms with Crippen molar-refractivity contribution in [1.29, 1.82) is 0 Å². The van der Waals surface area contributed by atoms with Crippen LogP contribution in [-0.2, 0) is 0 Å². The summed E-state index contributed by atoms with van der Waals surface area (Å²) in [6.45, 7) is 2.07. The molecule has 1 aliphatic carbocycles. The molecule has 1 heterocycles. The molecule has 0 radical (unpaired) electrons. The quantitative estimate of drug-likeness (QED) is 0.818. The lowest BCUT2D eigenvalue weighted by Crippen LogP contribution is -2.21. The van der Waals surface area contributed by atoms with E-state index in [1.807, 2.05) is 6.07 Å². The monoisotopic (exact) mass is 230 g/mol. The largest absolute Gasteiger partial charge is 0.393 e. The van der Waals surface area contributed by atoms with Crippen molar-refractivity contribution in [3.63, 3.8) is 0 Å². The molecule has 17 heavy (non-hydrogen) atoms. The second kappa shape index (κ2) is 4.15. The summed E-state index contributed by atoms with van der Waals surface area (Å²) >= 11 is 0. The van der Waals surface area contributed by atoms with Crippen LogP contribution in [0.25, 0.3) is 11.0 Å². The van der Waals surface area contributed by atoms with Crippen LogP contribution >= 0.6 is 0 Å². The topological polar surface area (TPSA) is 38.0 Å². The van der Waals surface area contributed by atoms with E-state index in [0.717, 1.165) is 37.0 Å². The fourth-order valence-electron chi connectivity index (χ4n) is 2.94. The van der Waals surface area contributed by atoms with E-state index >= 15 is 0 Å². The number of rotatable bonds is 1. The normalized spacial score (nSPS) is 25.3. The van der Waals surface area contributed by atoms with Gasteiger partial charge < -0.3 is 9.67 Å². The molecule has 0 unspecified atom stereocenters. The molecule has 0 aliphatic heterocycles. The number of nitrogens with zero attached hydrogens (tertiary/aromatic N) is 2. The van der Waals surface area contributed by atoms with Gasteiger partial charge in [0.15, 0.2) is 0 Å². The number of benzene rings is 1. The molecule has 0 atom stereocenters. The first kappa shape index (κ1) is 10.8. The molecule has 1 aliphatic rings. The third-order valence-electron chi connectivity index (χ3n) is 3.80. The number of aromatic nitrogens is 2. The summed E-state index contributed by atoms with van der Waals surface area (Å²) in [5.74, 6) is 1.09. The molecule has 3 nitrogen and oxygen atoms in total. The molecule has 1 fully saturated rings. The van der Waals surface area contributed by atoms with Crippen LogP contribution in [0.3, 0.4) is 0 Å². The molecule has 0 saturated heterocycles. The SMILES string of the molecule is Cc1nc2ccccc2n1C1CCC(O)CC1. The van der Waals surface area contributed by atoms with E-state index in [-0.39, 0.29) is 6.10 Å². The molecule has 0 amide bonds. The highest BCUT2D eigenvalue weighted by atomic mass is 16.3. The zero-order valence-corrected chi connectivity index (χ0v) is 10.1. The molecular weight excluding hydrogens is 212 g/mol.